The Hall–Kier alpha value is -2.29. The van der Waals surface area contributed by atoms with Crippen molar-refractivity contribution in [2.75, 3.05) is 32.1 Å². The van der Waals surface area contributed by atoms with Gasteiger partial charge in [-0.1, -0.05) is 6.07 Å². The van der Waals surface area contributed by atoms with Crippen molar-refractivity contribution < 1.29 is 23.6 Å². The van der Waals surface area contributed by atoms with E-state index in [0.717, 1.165) is 4.90 Å². The topological polar surface area (TPSA) is 95.7 Å². The molecule has 7 nitrogen and oxygen atoms in total. The summed E-state index contributed by atoms with van der Waals surface area (Å²) >= 11 is 0. The molecule has 21 heavy (non-hydrogen) atoms. The molecule has 0 aliphatic rings. The number of para-hydroxylation sites is 1. The molecule has 0 unspecified atom stereocenters. The number of anilines is 1. The Bertz CT molecular complexity index is 525. The summed E-state index contributed by atoms with van der Waals surface area (Å²) < 4.78 is 24.9. The third-order valence-corrected chi connectivity index (χ3v) is 2.74. The lowest BCUT2D eigenvalue weighted by Gasteiger charge is -2.22. The molecule has 0 aliphatic carbocycles. The van der Waals surface area contributed by atoms with Crippen LogP contribution in [0.1, 0.15) is 10.4 Å². The van der Waals surface area contributed by atoms with Gasteiger partial charge in [-0.25, -0.2) is 8.78 Å². The SMILES string of the molecule is CNc1c(C(=O)N(CCO)CC(F)F)cccc1[N+](=O)[O-]. The van der Waals surface area contributed by atoms with Gasteiger partial charge in [-0.2, -0.15) is 0 Å². The van der Waals surface area contributed by atoms with Gasteiger partial charge in [0.25, 0.3) is 18.0 Å². The molecule has 0 heterocycles. The first-order chi connectivity index (χ1) is 9.92. The highest BCUT2D eigenvalue weighted by atomic mass is 19.3. The molecule has 2 N–H and O–H groups in total. The van der Waals surface area contributed by atoms with Crippen molar-refractivity contribution in [3.05, 3.63) is 33.9 Å². The monoisotopic (exact) mass is 303 g/mol. The van der Waals surface area contributed by atoms with E-state index >= 15 is 0 Å². The van der Waals surface area contributed by atoms with E-state index in [1.165, 1.54) is 25.2 Å². The molecule has 0 aromatic heterocycles. The molecule has 9 heteroatoms. The average Bonchev–Trinajstić information content (AvgIpc) is 2.44. The van der Waals surface area contributed by atoms with E-state index in [1.54, 1.807) is 0 Å². The van der Waals surface area contributed by atoms with Crippen molar-refractivity contribution in [3.8, 4) is 0 Å². The minimum Gasteiger partial charge on any atom is -0.395 e. The van der Waals surface area contributed by atoms with Crippen LogP contribution >= 0.6 is 0 Å². The van der Waals surface area contributed by atoms with E-state index in [9.17, 15) is 23.7 Å². The Morgan fingerprint density at radius 3 is 2.67 bits per heavy atom. The molecule has 1 amide bonds. The number of carbonyl (C=O) groups excluding carboxylic acids is 1. The first-order valence-corrected chi connectivity index (χ1v) is 6.05. The molecular formula is C12H15F2N3O4. The maximum atomic E-state index is 12.5. The van der Waals surface area contributed by atoms with Gasteiger partial charge in [-0.05, 0) is 6.07 Å². The maximum Gasteiger partial charge on any atom is 0.293 e. The Morgan fingerprint density at radius 2 is 2.19 bits per heavy atom. The van der Waals surface area contributed by atoms with Crippen molar-refractivity contribution in [3.63, 3.8) is 0 Å². The molecular weight excluding hydrogens is 288 g/mol. The minimum absolute atomic E-state index is 0.0512. The van der Waals surface area contributed by atoms with Crippen LogP contribution in [0, 0.1) is 10.1 Å². The molecule has 0 atom stereocenters. The van der Waals surface area contributed by atoms with Crippen molar-refractivity contribution >= 4 is 17.3 Å². The van der Waals surface area contributed by atoms with Gasteiger partial charge in [0, 0.05) is 19.7 Å². The lowest BCUT2D eigenvalue weighted by atomic mass is 10.1. The number of nitrogens with zero attached hydrogens (tertiary/aromatic N) is 2. The van der Waals surface area contributed by atoms with Gasteiger partial charge >= 0.3 is 0 Å². The quantitative estimate of drug-likeness (QED) is 0.585. The molecule has 116 valence electrons. The van der Waals surface area contributed by atoms with Crippen LogP contribution in [0.4, 0.5) is 20.2 Å². The van der Waals surface area contributed by atoms with E-state index < -0.39 is 30.4 Å². The normalized spacial score (nSPS) is 10.5. The minimum atomic E-state index is -2.77. The van der Waals surface area contributed by atoms with E-state index in [-0.39, 0.29) is 23.5 Å². The Kier molecular flexibility index (Phi) is 5.97. The number of nitrogens with one attached hydrogen (secondary N) is 1. The summed E-state index contributed by atoms with van der Waals surface area (Å²) in [7, 11) is 1.39. The van der Waals surface area contributed by atoms with Crippen molar-refractivity contribution in [2.45, 2.75) is 6.43 Å². The van der Waals surface area contributed by atoms with Crippen molar-refractivity contribution in [2.24, 2.45) is 0 Å². The van der Waals surface area contributed by atoms with Crippen molar-refractivity contribution in [1.29, 1.82) is 0 Å². The standard InChI is InChI=1S/C12H15F2N3O4/c1-15-11-8(3-2-4-9(11)17(20)21)12(19)16(5-6-18)7-10(13)14/h2-4,10,15,18H,5-7H2,1H3. The van der Waals surface area contributed by atoms with Crippen LogP contribution in [0.2, 0.25) is 0 Å². The van der Waals surface area contributed by atoms with Crippen LogP contribution in [0.15, 0.2) is 18.2 Å². The first kappa shape index (κ1) is 16.8. The van der Waals surface area contributed by atoms with Gasteiger partial charge in [0.2, 0.25) is 0 Å². The van der Waals surface area contributed by atoms with Gasteiger partial charge in [-0.3, -0.25) is 14.9 Å². The van der Waals surface area contributed by atoms with E-state index in [4.69, 9.17) is 5.11 Å². The zero-order valence-corrected chi connectivity index (χ0v) is 11.3. The number of carbonyl (C=O) groups is 1. The van der Waals surface area contributed by atoms with Crippen LogP contribution in [0.5, 0.6) is 0 Å². The lowest BCUT2D eigenvalue weighted by molar-refractivity contribution is -0.384. The molecule has 0 spiro atoms. The molecule has 1 aromatic rings. The summed E-state index contributed by atoms with van der Waals surface area (Å²) in [6, 6.07) is 3.80. The number of amides is 1. The number of halogens is 2. The van der Waals surface area contributed by atoms with Crippen molar-refractivity contribution in [1.82, 2.24) is 4.90 Å². The number of benzene rings is 1. The summed E-state index contributed by atoms with van der Waals surface area (Å²) in [4.78, 5) is 23.2. The zero-order chi connectivity index (χ0) is 16.0. The first-order valence-electron chi connectivity index (χ1n) is 6.05. The Balaban J connectivity index is 3.21. The zero-order valence-electron chi connectivity index (χ0n) is 11.3. The fourth-order valence-corrected chi connectivity index (χ4v) is 1.87. The number of hydrogen-bond donors (Lipinski definition) is 2. The maximum absolute atomic E-state index is 12.5. The highest BCUT2D eigenvalue weighted by Gasteiger charge is 2.25. The van der Waals surface area contributed by atoms with Gasteiger partial charge in [0.05, 0.1) is 23.6 Å². The number of aliphatic hydroxyl groups is 1. The van der Waals surface area contributed by atoms with E-state index in [2.05, 4.69) is 5.32 Å². The van der Waals surface area contributed by atoms with Gasteiger partial charge in [-0.15, -0.1) is 0 Å². The van der Waals surface area contributed by atoms with Crippen LogP contribution in [0.25, 0.3) is 0 Å². The third-order valence-electron chi connectivity index (χ3n) is 2.74. The summed E-state index contributed by atoms with van der Waals surface area (Å²) in [5, 5.41) is 22.3. The Morgan fingerprint density at radius 1 is 1.52 bits per heavy atom. The second-order valence-electron chi connectivity index (χ2n) is 4.07. The van der Waals surface area contributed by atoms with Crippen LogP contribution in [-0.4, -0.2) is 54.0 Å². The second-order valence-corrected chi connectivity index (χ2v) is 4.07. The summed E-state index contributed by atoms with van der Waals surface area (Å²) in [6.07, 6.45) is -2.77. The molecule has 1 aromatic carbocycles. The molecule has 0 saturated carbocycles. The van der Waals surface area contributed by atoms with Gasteiger partial charge < -0.3 is 15.3 Å². The smallest absolute Gasteiger partial charge is 0.293 e. The lowest BCUT2D eigenvalue weighted by Crippen LogP contribution is -2.37. The number of nitro groups is 1. The average molecular weight is 303 g/mol. The predicted octanol–water partition coefficient (Wildman–Crippen LogP) is 1.34. The van der Waals surface area contributed by atoms with Crippen LogP contribution in [-0.2, 0) is 0 Å². The van der Waals surface area contributed by atoms with Crippen LogP contribution in [0.3, 0.4) is 0 Å². The summed E-state index contributed by atoms with van der Waals surface area (Å²) in [5.41, 5.74) is -0.477. The molecule has 0 fully saturated rings. The highest BCUT2D eigenvalue weighted by molar-refractivity contribution is 6.01. The fourth-order valence-electron chi connectivity index (χ4n) is 1.87. The number of nitro benzene ring substituents is 1. The molecule has 0 bridgehead atoms. The van der Waals surface area contributed by atoms with Gasteiger partial charge in [0.15, 0.2) is 0 Å². The predicted molar refractivity (Wildman–Crippen MR) is 71.6 cm³/mol. The summed E-state index contributed by atoms with van der Waals surface area (Å²) in [5.74, 6) is -0.808. The Labute approximate surface area is 119 Å². The van der Waals surface area contributed by atoms with Crippen LogP contribution < -0.4 is 5.32 Å². The fraction of sp³-hybridized carbons (Fsp3) is 0.417. The molecule has 0 aliphatic heterocycles. The third kappa shape index (κ3) is 4.09. The number of rotatable bonds is 7. The number of hydrogen-bond acceptors (Lipinski definition) is 5. The molecule has 0 radical (unpaired) electrons. The van der Waals surface area contributed by atoms with E-state index in [0.29, 0.717) is 0 Å². The number of alkyl halides is 2. The van der Waals surface area contributed by atoms with E-state index in [1.807, 2.05) is 0 Å². The highest BCUT2D eigenvalue weighted by Crippen LogP contribution is 2.28. The summed E-state index contributed by atoms with van der Waals surface area (Å²) in [6.45, 7) is -1.62. The van der Waals surface area contributed by atoms with Gasteiger partial charge in [0.1, 0.15) is 5.69 Å². The molecule has 0 saturated heterocycles. The number of aliphatic hydroxyl groups excluding tert-OH is 1. The largest absolute Gasteiger partial charge is 0.395 e. The molecule has 1 rings (SSSR count). The second kappa shape index (κ2) is 7.48.